The van der Waals surface area contributed by atoms with E-state index in [9.17, 15) is 9.59 Å². The molecule has 1 heterocycles. The summed E-state index contributed by atoms with van der Waals surface area (Å²) in [4.78, 5) is 22.7. The molecule has 1 aliphatic heterocycles. The lowest BCUT2D eigenvalue weighted by atomic mass is 9.97. The van der Waals surface area contributed by atoms with Gasteiger partial charge in [-0.05, 0) is 38.8 Å². The summed E-state index contributed by atoms with van der Waals surface area (Å²) in [6.07, 6.45) is 6.31. The van der Waals surface area contributed by atoms with Gasteiger partial charge in [-0.25, -0.2) is 0 Å². The van der Waals surface area contributed by atoms with Crippen molar-refractivity contribution in [2.45, 2.75) is 44.9 Å². The Hall–Kier alpha value is -1.10. The number of carbonyl (C=O) groups is 2. The summed E-state index contributed by atoms with van der Waals surface area (Å²) in [5.41, 5.74) is 0. The van der Waals surface area contributed by atoms with Gasteiger partial charge in [0, 0.05) is 18.9 Å². The van der Waals surface area contributed by atoms with Crippen LogP contribution in [0.4, 0.5) is 0 Å². The van der Waals surface area contributed by atoms with Gasteiger partial charge in [0.25, 0.3) is 0 Å². The molecule has 1 saturated heterocycles. The van der Waals surface area contributed by atoms with Crippen molar-refractivity contribution < 1.29 is 14.3 Å². The number of nitrogens with one attached hydrogen (secondary N) is 2. The highest BCUT2D eigenvalue weighted by molar-refractivity contribution is 5.78. The maximum Gasteiger partial charge on any atom is 0.305 e. The molecule has 0 spiro atoms. The Kier molecular flexibility index (Phi) is 8.21. The van der Waals surface area contributed by atoms with Crippen molar-refractivity contribution in [3.8, 4) is 0 Å². The van der Waals surface area contributed by atoms with Gasteiger partial charge in [-0.15, -0.1) is 0 Å². The third-order valence-corrected chi connectivity index (χ3v) is 3.54. The van der Waals surface area contributed by atoms with Gasteiger partial charge in [0.15, 0.2) is 0 Å². The number of unbranched alkanes of at least 4 members (excludes halogenated alkanes) is 3. The van der Waals surface area contributed by atoms with E-state index in [1.165, 1.54) is 7.11 Å². The molecule has 0 radical (unpaired) electrons. The first kappa shape index (κ1) is 16.0. The Labute approximate surface area is 115 Å². The molecule has 0 aromatic carbocycles. The second-order valence-electron chi connectivity index (χ2n) is 5.06. The summed E-state index contributed by atoms with van der Waals surface area (Å²) in [5.74, 6) is 0.260. The third kappa shape index (κ3) is 7.15. The molecule has 0 unspecified atom stereocenters. The average Bonchev–Trinajstić information content (AvgIpc) is 2.46. The van der Waals surface area contributed by atoms with E-state index in [2.05, 4.69) is 15.4 Å². The summed E-state index contributed by atoms with van der Waals surface area (Å²) in [5, 5.41) is 6.26. The summed E-state index contributed by atoms with van der Waals surface area (Å²) >= 11 is 0. The van der Waals surface area contributed by atoms with E-state index in [4.69, 9.17) is 0 Å². The smallest absolute Gasteiger partial charge is 0.305 e. The number of carbonyl (C=O) groups excluding carboxylic acids is 2. The van der Waals surface area contributed by atoms with Crippen LogP contribution in [0.3, 0.4) is 0 Å². The maximum absolute atomic E-state index is 11.8. The van der Waals surface area contributed by atoms with Crippen molar-refractivity contribution in [1.82, 2.24) is 10.6 Å². The number of esters is 1. The number of rotatable bonds is 8. The van der Waals surface area contributed by atoms with Crippen molar-refractivity contribution in [3.05, 3.63) is 0 Å². The first-order valence-electron chi connectivity index (χ1n) is 7.29. The SMILES string of the molecule is COC(=O)CCCCCCNC(=O)C1CCNCC1. The van der Waals surface area contributed by atoms with Crippen molar-refractivity contribution in [3.63, 3.8) is 0 Å². The summed E-state index contributed by atoms with van der Waals surface area (Å²) in [7, 11) is 1.42. The van der Waals surface area contributed by atoms with Gasteiger partial charge in [0.1, 0.15) is 0 Å². The van der Waals surface area contributed by atoms with Crippen LogP contribution in [0.1, 0.15) is 44.9 Å². The van der Waals surface area contributed by atoms with Crippen LogP contribution < -0.4 is 10.6 Å². The van der Waals surface area contributed by atoms with Crippen LogP contribution in [0.25, 0.3) is 0 Å². The lowest BCUT2D eigenvalue weighted by Gasteiger charge is -2.21. The molecule has 1 rings (SSSR count). The molecule has 110 valence electrons. The van der Waals surface area contributed by atoms with Gasteiger partial charge in [-0.2, -0.15) is 0 Å². The number of hydrogen-bond donors (Lipinski definition) is 2. The van der Waals surface area contributed by atoms with Gasteiger partial charge < -0.3 is 15.4 Å². The molecule has 0 saturated carbocycles. The molecule has 0 bridgehead atoms. The zero-order valence-electron chi connectivity index (χ0n) is 11.9. The van der Waals surface area contributed by atoms with Crippen LogP contribution in [-0.4, -0.2) is 38.6 Å². The molecule has 19 heavy (non-hydrogen) atoms. The number of hydrogen-bond acceptors (Lipinski definition) is 4. The molecule has 0 atom stereocenters. The van der Waals surface area contributed by atoms with Gasteiger partial charge in [0.05, 0.1) is 7.11 Å². The van der Waals surface area contributed by atoms with Gasteiger partial charge in [-0.3, -0.25) is 9.59 Å². The van der Waals surface area contributed by atoms with E-state index in [0.717, 1.165) is 58.2 Å². The highest BCUT2D eigenvalue weighted by Gasteiger charge is 2.19. The largest absolute Gasteiger partial charge is 0.469 e. The normalized spacial score (nSPS) is 16.1. The molecule has 5 nitrogen and oxygen atoms in total. The molecular weight excluding hydrogens is 244 g/mol. The highest BCUT2D eigenvalue weighted by atomic mass is 16.5. The average molecular weight is 270 g/mol. The van der Waals surface area contributed by atoms with E-state index in [0.29, 0.717) is 6.42 Å². The van der Waals surface area contributed by atoms with E-state index < -0.39 is 0 Å². The quantitative estimate of drug-likeness (QED) is 0.514. The second-order valence-corrected chi connectivity index (χ2v) is 5.06. The molecule has 1 fully saturated rings. The van der Waals surface area contributed by atoms with Gasteiger partial charge in [-0.1, -0.05) is 12.8 Å². The number of ether oxygens (including phenoxy) is 1. The Morgan fingerprint density at radius 1 is 1.16 bits per heavy atom. The summed E-state index contributed by atoms with van der Waals surface area (Å²) in [6.45, 7) is 2.65. The van der Waals surface area contributed by atoms with Crippen molar-refractivity contribution in [1.29, 1.82) is 0 Å². The molecule has 0 aromatic heterocycles. The molecular formula is C14H26N2O3. The topological polar surface area (TPSA) is 67.4 Å². The van der Waals surface area contributed by atoms with Crippen LogP contribution in [0, 0.1) is 5.92 Å². The van der Waals surface area contributed by atoms with Crippen molar-refractivity contribution in [2.75, 3.05) is 26.7 Å². The summed E-state index contributed by atoms with van der Waals surface area (Å²) < 4.78 is 4.58. The third-order valence-electron chi connectivity index (χ3n) is 3.54. The predicted molar refractivity (Wildman–Crippen MR) is 73.7 cm³/mol. The second kappa shape index (κ2) is 9.78. The fourth-order valence-corrected chi connectivity index (χ4v) is 2.29. The van der Waals surface area contributed by atoms with Crippen LogP contribution in [0.15, 0.2) is 0 Å². The van der Waals surface area contributed by atoms with E-state index in [-0.39, 0.29) is 17.8 Å². The van der Waals surface area contributed by atoms with Crippen LogP contribution in [-0.2, 0) is 14.3 Å². The molecule has 1 amide bonds. The van der Waals surface area contributed by atoms with E-state index >= 15 is 0 Å². The van der Waals surface area contributed by atoms with Crippen LogP contribution >= 0.6 is 0 Å². The zero-order valence-corrected chi connectivity index (χ0v) is 11.9. The van der Waals surface area contributed by atoms with E-state index in [1.807, 2.05) is 0 Å². The maximum atomic E-state index is 11.8. The molecule has 5 heteroatoms. The Balaban J connectivity index is 1.92. The van der Waals surface area contributed by atoms with Gasteiger partial charge in [0.2, 0.25) is 5.91 Å². The zero-order chi connectivity index (χ0) is 13.9. The minimum atomic E-state index is -0.140. The lowest BCUT2D eigenvalue weighted by Crippen LogP contribution is -2.38. The standard InChI is InChI=1S/C14H26N2O3/c1-19-13(17)6-4-2-3-5-9-16-14(18)12-7-10-15-11-8-12/h12,15H,2-11H2,1H3,(H,16,18). The molecule has 2 N–H and O–H groups in total. The van der Waals surface area contributed by atoms with E-state index in [1.54, 1.807) is 0 Å². The first-order valence-corrected chi connectivity index (χ1v) is 7.29. The van der Waals surface area contributed by atoms with Crippen molar-refractivity contribution >= 4 is 11.9 Å². The predicted octanol–water partition coefficient (Wildman–Crippen LogP) is 1.23. The Morgan fingerprint density at radius 2 is 1.84 bits per heavy atom. The molecule has 0 aromatic rings. The van der Waals surface area contributed by atoms with Gasteiger partial charge >= 0.3 is 5.97 Å². The van der Waals surface area contributed by atoms with Crippen LogP contribution in [0.2, 0.25) is 0 Å². The minimum absolute atomic E-state index is 0.140. The fourth-order valence-electron chi connectivity index (χ4n) is 2.29. The van der Waals surface area contributed by atoms with Crippen LogP contribution in [0.5, 0.6) is 0 Å². The number of piperidine rings is 1. The monoisotopic (exact) mass is 270 g/mol. The molecule has 1 aliphatic rings. The Bertz CT molecular complexity index is 276. The lowest BCUT2D eigenvalue weighted by molar-refractivity contribution is -0.140. The highest BCUT2D eigenvalue weighted by Crippen LogP contribution is 2.11. The Morgan fingerprint density at radius 3 is 2.53 bits per heavy atom. The van der Waals surface area contributed by atoms with Crippen molar-refractivity contribution in [2.24, 2.45) is 5.92 Å². The first-order chi connectivity index (χ1) is 9.24. The number of amides is 1. The number of methoxy groups -OCH3 is 1. The minimum Gasteiger partial charge on any atom is -0.469 e. The summed E-state index contributed by atoms with van der Waals surface area (Å²) in [6, 6.07) is 0. The molecule has 0 aliphatic carbocycles. The fraction of sp³-hybridized carbons (Fsp3) is 0.857.